The van der Waals surface area contributed by atoms with Gasteiger partial charge in [0.15, 0.2) is 11.4 Å². The Kier molecular flexibility index (Phi) is 5.38. The van der Waals surface area contributed by atoms with E-state index in [0.29, 0.717) is 17.2 Å². The second kappa shape index (κ2) is 7.87. The number of nitrogens with one attached hydrogen (secondary N) is 2. The van der Waals surface area contributed by atoms with Crippen molar-refractivity contribution in [2.75, 3.05) is 5.32 Å². The van der Waals surface area contributed by atoms with Gasteiger partial charge in [-0.2, -0.15) is 10.5 Å². The van der Waals surface area contributed by atoms with E-state index in [0.717, 1.165) is 0 Å². The van der Waals surface area contributed by atoms with Crippen molar-refractivity contribution in [1.29, 1.82) is 10.5 Å². The van der Waals surface area contributed by atoms with E-state index < -0.39 is 6.03 Å². The first-order valence-electron chi connectivity index (χ1n) is 6.84. The molecule has 0 heterocycles. The number of ether oxygens (including phenoxy) is 1. The van der Waals surface area contributed by atoms with Gasteiger partial charge in [-0.15, -0.1) is 0 Å². The van der Waals surface area contributed by atoms with E-state index >= 15 is 0 Å². The molecule has 24 heavy (non-hydrogen) atoms. The average molecular weight is 319 g/mol. The lowest BCUT2D eigenvalue weighted by molar-refractivity contribution is 0.254. The third-order valence-electron chi connectivity index (χ3n) is 2.85. The average Bonchev–Trinajstić information content (AvgIpc) is 2.61. The molecular formula is C17H13N5O2. The molecule has 2 rings (SSSR count). The molecule has 0 fully saturated rings. The first-order valence-corrected chi connectivity index (χ1v) is 6.84. The van der Waals surface area contributed by atoms with E-state index in [2.05, 4.69) is 10.6 Å². The van der Waals surface area contributed by atoms with Crippen LogP contribution in [0.15, 0.2) is 66.0 Å². The highest BCUT2D eigenvalue weighted by Gasteiger charge is 2.11. The third kappa shape index (κ3) is 4.26. The summed E-state index contributed by atoms with van der Waals surface area (Å²) in [4.78, 5) is 12.0. The van der Waals surface area contributed by atoms with Crippen molar-refractivity contribution in [2.45, 2.75) is 0 Å². The van der Waals surface area contributed by atoms with Crippen LogP contribution in [0, 0.1) is 22.7 Å². The minimum atomic E-state index is -0.714. The van der Waals surface area contributed by atoms with Gasteiger partial charge in [-0.3, -0.25) is 5.32 Å². The number of para-hydroxylation sites is 3. The van der Waals surface area contributed by atoms with Crippen molar-refractivity contribution in [3.8, 4) is 23.6 Å². The van der Waals surface area contributed by atoms with Crippen LogP contribution in [0.1, 0.15) is 0 Å². The SMILES string of the molecule is N#C/C(N)=C(\C#N)NC(=O)Nc1ccccc1Oc1ccccc1. The van der Waals surface area contributed by atoms with E-state index in [-0.39, 0.29) is 11.4 Å². The molecule has 0 aliphatic heterocycles. The summed E-state index contributed by atoms with van der Waals surface area (Å²) in [6.45, 7) is 0. The first-order chi connectivity index (χ1) is 11.6. The Morgan fingerprint density at radius 1 is 1.00 bits per heavy atom. The molecule has 0 aliphatic carbocycles. The van der Waals surface area contributed by atoms with Crippen LogP contribution in [0.5, 0.6) is 11.5 Å². The molecule has 7 heteroatoms. The van der Waals surface area contributed by atoms with Gasteiger partial charge in [-0.25, -0.2) is 4.79 Å². The Bertz CT molecular complexity index is 847. The molecule has 0 atom stereocenters. The number of rotatable bonds is 4. The molecule has 118 valence electrons. The number of nitriles is 2. The number of urea groups is 1. The van der Waals surface area contributed by atoms with E-state index in [1.807, 2.05) is 18.2 Å². The molecule has 0 aliphatic rings. The van der Waals surface area contributed by atoms with Crippen LogP contribution in [-0.2, 0) is 0 Å². The number of benzene rings is 2. The van der Waals surface area contributed by atoms with Gasteiger partial charge in [0.05, 0.1) is 5.69 Å². The summed E-state index contributed by atoms with van der Waals surface area (Å²) in [5.41, 5.74) is 5.03. The monoisotopic (exact) mass is 319 g/mol. The van der Waals surface area contributed by atoms with Crippen molar-refractivity contribution < 1.29 is 9.53 Å². The number of nitrogens with two attached hydrogens (primary N) is 1. The maximum atomic E-state index is 12.0. The molecule has 2 amide bonds. The number of hydrogen-bond donors (Lipinski definition) is 3. The van der Waals surface area contributed by atoms with Gasteiger partial charge in [0.25, 0.3) is 0 Å². The molecule has 0 saturated heterocycles. The maximum absolute atomic E-state index is 12.0. The van der Waals surface area contributed by atoms with E-state index in [1.165, 1.54) is 0 Å². The minimum absolute atomic E-state index is 0.323. The summed E-state index contributed by atoms with van der Waals surface area (Å²) in [5, 5.41) is 22.3. The number of nitrogens with zero attached hydrogens (tertiary/aromatic N) is 2. The standard InChI is InChI=1S/C17H13N5O2/c18-10-13(20)15(11-19)22-17(23)21-14-8-4-5-9-16(14)24-12-6-2-1-3-7-12/h1-9H,20H2,(H2,21,22,23)/b15-13-. The van der Waals surface area contributed by atoms with Crippen LogP contribution >= 0.6 is 0 Å². The molecule has 0 saturated carbocycles. The summed E-state index contributed by atoms with van der Waals surface area (Å²) in [6.07, 6.45) is 0. The molecule has 0 radical (unpaired) electrons. The van der Waals surface area contributed by atoms with Gasteiger partial charge < -0.3 is 15.8 Å². The van der Waals surface area contributed by atoms with Crippen LogP contribution < -0.4 is 21.1 Å². The Balaban J connectivity index is 2.15. The highest BCUT2D eigenvalue weighted by atomic mass is 16.5. The zero-order chi connectivity index (χ0) is 17.4. The van der Waals surface area contributed by atoms with Crippen LogP contribution in [0.2, 0.25) is 0 Å². The first kappa shape index (κ1) is 16.4. The number of allylic oxidation sites excluding steroid dienone is 2. The Labute approximate surface area is 138 Å². The topological polar surface area (TPSA) is 124 Å². The number of amides is 2. The number of carbonyl (C=O) groups is 1. The van der Waals surface area contributed by atoms with E-state index in [1.54, 1.807) is 48.5 Å². The summed E-state index contributed by atoms with van der Waals surface area (Å²) >= 11 is 0. The third-order valence-corrected chi connectivity index (χ3v) is 2.85. The van der Waals surface area contributed by atoms with Crippen molar-refractivity contribution in [1.82, 2.24) is 5.32 Å². The van der Waals surface area contributed by atoms with Crippen LogP contribution in [-0.4, -0.2) is 6.03 Å². The van der Waals surface area contributed by atoms with Gasteiger partial charge in [0.1, 0.15) is 23.6 Å². The van der Waals surface area contributed by atoms with Crippen molar-refractivity contribution in [3.05, 3.63) is 66.0 Å². The molecule has 7 nitrogen and oxygen atoms in total. The molecule has 2 aromatic rings. The molecule has 0 spiro atoms. The Morgan fingerprint density at radius 2 is 1.67 bits per heavy atom. The number of carbonyl (C=O) groups excluding carboxylic acids is 1. The van der Waals surface area contributed by atoms with Gasteiger partial charge >= 0.3 is 6.03 Å². The van der Waals surface area contributed by atoms with E-state index in [4.69, 9.17) is 21.0 Å². The largest absolute Gasteiger partial charge is 0.455 e. The molecule has 0 bridgehead atoms. The lowest BCUT2D eigenvalue weighted by atomic mass is 10.3. The predicted molar refractivity (Wildman–Crippen MR) is 87.6 cm³/mol. The lowest BCUT2D eigenvalue weighted by Gasteiger charge is -2.12. The highest BCUT2D eigenvalue weighted by Crippen LogP contribution is 2.28. The minimum Gasteiger partial charge on any atom is -0.455 e. The molecule has 0 unspecified atom stereocenters. The molecular weight excluding hydrogens is 306 g/mol. The van der Waals surface area contributed by atoms with Gasteiger partial charge in [-0.1, -0.05) is 30.3 Å². The van der Waals surface area contributed by atoms with Crippen molar-refractivity contribution in [2.24, 2.45) is 5.73 Å². The zero-order valence-electron chi connectivity index (χ0n) is 12.5. The Hall–Kier alpha value is -3.97. The van der Waals surface area contributed by atoms with Gasteiger partial charge in [0, 0.05) is 0 Å². The van der Waals surface area contributed by atoms with Crippen molar-refractivity contribution >= 4 is 11.7 Å². The quantitative estimate of drug-likeness (QED) is 0.747. The second-order valence-electron chi connectivity index (χ2n) is 4.50. The van der Waals surface area contributed by atoms with Crippen LogP contribution in [0.25, 0.3) is 0 Å². The molecule has 4 N–H and O–H groups in total. The summed E-state index contributed by atoms with van der Waals surface area (Å²) in [6, 6.07) is 18.4. The van der Waals surface area contributed by atoms with E-state index in [9.17, 15) is 4.79 Å². The summed E-state index contributed by atoms with van der Waals surface area (Å²) in [5.74, 6) is 1.04. The van der Waals surface area contributed by atoms with Crippen LogP contribution in [0.3, 0.4) is 0 Å². The van der Waals surface area contributed by atoms with Crippen LogP contribution in [0.4, 0.5) is 10.5 Å². The molecule has 0 aromatic heterocycles. The fraction of sp³-hybridized carbons (Fsp3) is 0. The van der Waals surface area contributed by atoms with Gasteiger partial charge in [0.2, 0.25) is 0 Å². The summed E-state index contributed by atoms with van der Waals surface area (Å²) < 4.78 is 5.71. The normalized spacial score (nSPS) is 10.6. The van der Waals surface area contributed by atoms with Crippen molar-refractivity contribution in [3.63, 3.8) is 0 Å². The number of anilines is 1. The number of hydrogen-bond acceptors (Lipinski definition) is 5. The highest BCUT2D eigenvalue weighted by molar-refractivity contribution is 5.92. The fourth-order valence-corrected chi connectivity index (χ4v) is 1.75. The predicted octanol–water partition coefficient (Wildman–Crippen LogP) is 2.82. The molecule has 2 aromatic carbocycles. The maximum Gasteiger partial charge on any atom is 0.324 e. The zero-order valence-corrected chi connectivity index (χ0v) is 12.5. The lowest BCUT2D eigenvalue weighted by Crippen LogP contribution is -2.29. The Morgan fingerprint density at radius 3 is 2.33 bits per heavy atom. The second-order valence-corrected chi connectivity index (χ2v) is 4.50. The smallest absolute Gasteiger partial charge is 0.324 e. The van der Waals surface area contributed by atoms with Gasteiger partial charge in [-0.05, 0) is 24.3 Å². The fourth-order valence-electron chi connectivity index (χ4n) is 1.75. The summed E-state index contributed by atoms with van der Waals surface area (Å²) in [7, 11) is 0.